The molecule has 0 amide bonds. The quantitative estimate of drug-likeness (QED) is 0.711. The van der Waals surface area contributed by atoms with E-state index in [4.69, 9.17) is 14.5 Å². The number of fused-ring (bicyclic) bond motifs is 2. The molecule has 1 aromatic carbocycles. The fraction of sp³-hybridized carbons (Fsp3) is 0.429. The highest BCUT2D eigenvalue weighted by atomic mass is 19.1. The number of aromatic nitrogens is 3. The topological polar surface area (TPSA) is 63.9 Å². The van der Waals surface area contributed by atoms with E-state index in [1.54, 1.807) is 6.07 Å². The molecule has 7 nitrogen and oxygen atoms in total. The maximum absolute atomic E-state index is 13.4. The molecule has 5 rings (SSSR count). The molecule has 4 heterocycles. The molecule has 0 atom stereocenters. The number of anilines is 1. The molecule has 0 aliphatic carbocycles. The first-order valence-electron chi connectivity index (χ1n) is 10.0. The predicted octanol–water partition coefficient (Wildman–Crippen LogP) is 2.08. The second-order valence-electron chi connectivity index (χ2n) is 7.59. The number of benzene rings is 1. The van der Waals surface area contributed by atoms with Crippen molar-refractivity contribution in [3.8, 4) is 11.5 Å². The van der Waals surface area contributed by atoms with Crippen LogP contribution in [0.25, 0.3) is 5.65 Å². The molecular formula is C21H24FN5O2. The zero-order valence-corrected chi connectivity index (χ0v) is 16.4. The van der Waals surface area contributed by atoms with E-state index in [1.165, 1.54) is 30.5 Å². The minimum absolute atomic E-state index is 0.333. The van der Waals surface area contributed by atoms with Gasteiger partial charge >= 0.3 is 0 Å². The molecule has 3 aromatic rings. The molecule has 0 saturated carbocycles. The molecule has 0 spiro atoms. The number of hydrogen-bond donors (Lipinski definition) is 1. The van der Waals surface area contributed by atoms with Crippen LogP contribution in [0.4, 0.5) is 10.2 Å². The summed E-state index contributed by atoms with van der Waals surface area (Å²) in [7, 11) is 1.52. The van der Waals surface area contributed by atoms with Crippen LogP contribution in [0.2, 0.25) is 0 Å². The van der Waals surface area contributed by atoms with Gasteiger partial charge in [-0.2, -0.15) is 9.61 Å². The third-order valence-corrected chi connectivity index (χ3v) is 5.64. The van der Waals surface area contributed by atoms with Gasteiger partial charge in [-0.05, 0) is 25.1 Å². The summed E-state index contributed by atoms with van der Waals surface area (Å²) in [4.78, 5) is 7.19. The molecule has 1 N–H and O–H groups in total. The van der Waals surface area contributed by atoms with Gasteiger partial charge in [0.25, 0.3) is 0 Å². The van der Waals surface area contributed by atoms with Gasteiger partial charge in [-0.15, -0.1) is 0 Å². The van der Waals surface area contributed by atoms with Gasteiger partial charge in [0.1, 0.15) is 11.6 Å². The normalized spacial score (nSPS) is 17.0. The highest BCUT2D eigenvalue weighted by molar-refractivity contribution is 5.59. The Bertz CT molecular complexity index is 1030. The second kappa shape index (κ2) is 7.51. The van der Waals surface area contributed by atoms with Gasteiger partial charge in [0, 0.05) is 49.7 Å². The lowest BCUT2D eigenvalue weighted by atomic mass is 9.99. The van der Waals surface area contributed by atoms with Gasteiger partial charge < -0.3 is 19.7 Å². The van der Waals surface area contributed by atoms with Crippen molar-refractivity contribution >= 4 is 11.5 Å². The van der Waals surface area contributed by atoms with Crippen LogP contribution in [-0.2, 0) is 12.8 Å². The number of nitrogens with zero attached hydrogens (tertiary/aromatic N) is 4. The van der Waals surface area contributed by atoms with E-state index in [9.17, 15) is 4.39 Å². The molecule has 8 heteroatoms. The summed E-state index contributed by atoms with van der Waals surface area (Å²) in [6.07, 6.45) is 3.71. The summed E-state index contributed by atoms with van der Waals surface area (Å²) in [6, 6.07) is 6.31. The summed E-state index contributed by atoms with van der Waals surface area (Å²) in [5.74, 6) is 2.22. The van der Waals surface area contributed by atoms with Crippen LogP contribution < -0.4 is 19.7 Å². The Morgan fingerprint density at radius 2 is 2.03 bits per heavy atom. The van der Waals surface area contributed by atoms with Crippen molar-refractivity contribution < 1.29 is 13.9 Å². The molecule has 1 fully saturated rings. The Labute approximate surface area is 168 Å². The SMILES string of the molecule is COc1cc(F)ccc1OCC1CN(c2c3c(nc4ccnn24)CCNCC3)C1. The first kappa shape index (κ1) is 18.2. The van der Waals surface area contributed by atoms with E-state index in [0.717, 1.165) is 50.5 Å². The van der Waals surface area contributed by atoms with Gasteiger partial charge in [0.15, 0.2) is 17.1 Å². The molecule has 0 radical (unpaired) electrons. The molecule has 2 aliphatic heterocycles. The van der Waals surface area contributed by atoms with Crippen LogP contribution in [0.5, 0.6) is 11.5 Å². The molecule has 29 heavy (non-hydrogen) atoms. The number of nitrogens with one attached hydrogen (secondary N) is 1. The Kier molecular flexibility index (Phi) is 4.71. The maximum atomic E-state index is 13.4. The second-order valence-corrected chi connectivity index (χ2v) is 7.59. The minimum Gasteiger partial charge on any atom is -0.493 e. The molecule has 0 bridgehead atoms. The lowest BCUT2D eigenvalue weighted by molar-refractivity contribution is 0.211. The highest BCUT2D eigenvalue weighted by Crippen LogP contribution is 2.33. The zero-order valence-electron chi connectivity index (χ0n) is 16.4. The van der Waals surface area contributed by atoms with Crippen LogP contribution in [0.15, 0.2) is 30.5 Å². The molecule has 152 valence electrons. The third kappa shape index (κ3) is 3.37. The Morgan fingerprint density at radius 1 is 1.17 bits per heavy atom. The van der Waals surface area contributed by atoms with Gasteiger partial charge in [-0.1, -0.05) is 0 Å². The van der Waals surface area contributed by atoms with Crippen molar-refractivity contribution in [2.75, 3.05) is 44.8 Å². The Morgan fingerprint density at radius 3 is 2.90 bits per heavy atom. The van der Waals surface area contributed by atoms with Crippen molar-refractivity contribution in [3.05, 3.63) is 47.5 Å². The van der Waals surface area contributed by atoms with E-state index in [-0.39, 0.29) is 5.82 Å². The van der Waals surface area contributed by atoms with Crippen LogP contribution in [0, 0.1) is 11.7 Å². The fourth-order valence-electron chi connectivity index (χ4n) is 4.16. The summed E-state index contributed by atoms with van der Waals surface area (Å²) >= 11 is 0. The highest BCUT2D eigenvalue weighted by Gasteiger charge is 2.32. The van der Waals surface area contributed by atoms with Crippen molar-refractivity contribution in [2.24, 2.45) is 5.92 Å². The number of halogens is 1. The number of methoxy groups -OCH3 is 1. The summed E-state index contributed by atoms with van der Waals surface area (Å²) in [5.41, 5.74) is 3.37. The van der Waals surface area contributed by atoms with Gasteiger partial charge in [-0.25, -0.2) is 9.37 Å². The number of ether oxygens (including phenoxy) is 2. The van der Waals surface area contributed by atoms with Crippen LogP contribution in [0.1, 0.15) is 11.3 Å². The smallest absolute Gasteiger partial charge is 0.163 e. The molecular weight excluding hydrogens is 373 g/mol. The van der Waals surface area contributed by atoms with Crippen molar-refractivity contribution in [1.29, 1.82) is 0 Å². The molecule has 2 aliphatic rings. The van der Waals surface area contributed by atoms with Crippen molar-refractivity contribution in [2.45, 2.75) is 12.8 Å². The lowest BCUT2D eigenvalue weighted by Gasteiger charge is -2.41. The zero-order chi connectivity index (χ0) is 19.8. The first-order chi connectivity index (χ1) is 14.2. The number of rotatable bonds is 5. The van der Waals surface area contributed by atoms with E-state index in [0.29, 0.717) is 24.0 Å². The largest absolute Gasteiger partial charge is 0.493 e. The Hall–Kier alpha value is -2.87. The molecule has 1 saturated heterocycles. The Balaban J connectivity index is 1.32. The van der Waals surface area contributed by atoms with Crippen molar-refractivity contribution in [3.63, 3.8) is 0 Å². The van der Waals surface area contributed by atoms with Crippen LogP contribution >= 0.6 is 0 Å². The standard InChI is InChI=1S/C21H24FN5O2/c1-28-19-10-15(22)2-3-18(19)29-13-14-11-26(12-14)21-16-4-7-23-8-5-17(16)25-20-6-9-24-27(20)21/h2-3,6,9-10,14,23H,4-5,7-8,11-13H2,1H3. The molecule has 2 aromatic heterocycles. The van der Waals surface area contributed by atoms with E-state index < -0.39 is 0 Å². The average Bonchev–Trinajstić information content (AvgIpc) is 3.03. The lowest BCUT2D eigenvalue weighted by Crippen LogP contribution is -2.50. The van der Waals surface area contributed by atoms with Crippen LogP contribution in [-0.4, -0.2) is 54.5 Å². The minimum atomic E-state index is -0.333. The third-order valence-electron chi connectivity index (χ3n) is 5.64. The monoisotopic (exact) mass is 397 g/mol. The van der Waals surface area contributed by atoms with E-state index in [1.807, 2.05) is 16.8 Å². The number of hydrogen-bond acceptors (Lipinski definition) is 6. The summed E-state index contributed by atoms with van der Waals surface area (Å²) < 4.78 is 26.4. The fourth-order valence-corrected chi connectivity index (χ4v) is 4.16. The van der Waals surface area contributed by atoms with Crippen LogP contribution in [0.3, 0.4) is 0 Å². The van der Waals surface area contributed by atoms with Crippen molar-refractivity contribution in [1.82, 2.24) is 19.9 Å². The van der Waals surface area contributed by atoms with E-state index in [2.05, 4.69) is 15.3 Å². The molecule has 0 unspecified atom stereocenters. The van der Waals surface area contributed by atoms with Gasteiger partial charge in [0.2, 0.25) is 0 Å². The predicted molar refractivity (Wildman–Crippen MR) is 107 cm³/mol. The maximum Gasteiger partial charge on any atom is 0.163 e. The van der Waals surface area contributed by atoms with Gasteiger partial charge in [-0.3, -0.25) is 0 Å². The summed E-state index contributed by atoms with van der Waals surface area (Å²) in [6.45, 7) is 4.26. The summed E-state index contributed by atoms with van der Waals surface area (Å²) in [5, 5.41) is 7.98. The van der Waals surface area contributed by atoms with Gasteiger partial charge in [0.05, 0.1) is 25.6 Å². The first-order valence-corrected chi connectivity index (χ1v) is 10.0. The van der Waals surface area contributed by atoms with E-state index >= 15 is 0 Å². The average molecular weight is 397 g/mol.